The second-order valence-electron chi connectivity index (χ2n) is 13.9. The van der Waals surface area contributed by atoms with Gasteiger partial charge in [0, 0.05) is 15.2 Å². The molecule has 0 N–H and O–H groups in total. The van der Waals surface area contributed by atoms with Crippen molar-refractivity contribution < 1.29 is 0 Å². The Labute approximate surface area is 294 Å². The maximum Gasteiger partial charge on any atom is 0.0726 e. The third-order valence-corrected chi connectivity index (χ3v) is 12.8. The van der Waals surface area contributed by atoms with Crippen LogP contribution in [0.1, 0.15) is 22.3 Å². The highest BCUT2D eigenvalue weighted by Gasteiger charge is 2.52. The summed E-state index contributed by atoms with van der Waals surface area (Å²) in [5.74, 6) is 0. The molecule has 9 aromatic carbocycles. The second kappa shape index (κ2) is 9.63. The lowest BCUT2D eigenvalue weighted by Gasteiger charge is -2.31. The third kappa shape index (κ3) is 3.24. The Morgan fingerprint density at radius 3 is 1.90 bits per heavy atom. The van der Waals surface area contributed by atoms with Gasteiger partial charge in [-0.25, -0.2) is 0 Å². The van der Waals surface area contributed by atoms with E-state index in [1.165, 1.54) is 109 Å². The van der Waals surface area contributed by atoms with Crippen LogP contribution in [0, 0.1) is 0 Å². The van der Waals surface area contributed by atoms with Crippen LogP contribution >= 0.6 is 11.8 Å². The molecule has 1 atom stereocenters. The fourth-order valence-corrected chi connectivity index (χ4v) is 10.9. The molecule has 9 aromatic rings. The molecule has 0 bridgehead atoms. The topological polar surface area (TPSA) is 0 Å². The zero-order valence-electron chi connectivity index (χ0n) is 27.1. The van der Waals surface area contributed by atoms with Crippen molar-refractivity contribution in [2.24, 2.45) is 0 Å². The molecule has 1 unspecified atom stereocenters. The average molecular weight is 649 g/mol. The highest BCUT2D eigenvalue weighted by atomic mass is 32.2. The summed E-state index contributed by atoms with van der Waals surface area (Å²) in [5, 5.41) is 7.85. The highest BCUT2D eigenvalue weighted by molar-refractivity contribution is 7.99. The first-order valence-corrected chi connectivity index (χ1v) is 18.2. The van der Waals surface area contributed by atoms with Crippen LogP contribution in [0.3, 0.4) is 0 Å². The number of benzene rings is 9. The summed E-state index contributed by atoms with van der Waals surface area (Å²) < 4.78 is 0. The lowest BCUT2D eigenvalue weighted by atomic mass is 9.70. The largest absolute Gasteiger partial charge is 0.0888 e. The Morgan fingerprint density at radius 2 is 0.980 bits per heavy atom. The van der Waals surface area contributed by atoms with Crippen LogP contribution in [-0.4, -0.2) is 0 Å². The van der Waals surface area contributed by atoms with Crippen molar-refractivity contribution in [2.45, 2.75) is 15.2 Å². The van der Waals surface area contributed by atoms with Crippen LogP contribution < -0.4 is 0 Å². The summed E-state index contributed by atoms with van der Waals surface area (Å²) in [7, 11) is 0. The van der Waals surface area contributed by atoms with Gasteiger partial charge in [0.2, 0.25) is 0 Å². The number of rotatable bonds is 1. The van der Waals surface area contributed by atoms with Gasteiger partial charge in [-0.05, 0) is 118 Å². The van der Waals surface area contributed by atoms with Gasteiger partial charge in [0.15, 0.2) is 0 Å². The summed E-state index contributed by atoms with van der Waals surface area (Å²) in [6, 6.07) is 64.3. The van der Waals surface area contributed by atoms with Crippen molar-refractivity contribution in [2.75, 3.05) is 0 Å². The van der Waals surface area contributed by atoms with Crippen molar-refractivity contribution in [3.8, 4) is 44.5 Å². The van der Waals surface area contributed by atoms with Gasteiger partial charge in [-0.1, -0.05) is 157 Å². The molecule has 12 rings (SSSR count). The van der Waals surface area contributed by atoms with Gasteiger partial charge in [-0.15, -0.1) is 0 Å². The Kier molecular flexibility index (Phi) is 5.20. The second-order valence-corrected chi connectivity index (χ2v) is 15.0. The fraction of sp³-hybridized carbons (Fsp3) is 0.0204. The van der Waals surface area contributed by atoms with E-state index in [2.05, 4.69) is 170 Å². The van der Waals surface area contributed by atoms with Crippen molar-refractivity contribution in [3.05, 3.63) is 192 Å². The maximum absolute atomic E-state index is 2.50. The van der Waals surface area contributed by atoms with Crippen molar-refractivity contribution >= 4 is 44.1 Å². The molecule has 1 heteroatoms. The van der Waals surface area contributed by atoms with Crippen LogP contribution in [0.5, 0.6) is 0 Å². The number of hydrogen-bond acceptors (Lipinski definition) is 1. The van der Waals surface area contributed by atoms with Gasteiger partial charge in [-0.2, -0.15) is 0 Å². The van der Waals surface area contributed by atoms with E-state index in [-0.39, 0.29) is 0 Å². The van der Waals surface area contributed by atoms with Gasteiger partial charge < -0.3 is 0 Å². The summed E-state index contributed by atoms with van der Waals surface area (Å²) in [5.41, 5.74) is 15.8. The molecule has 0 saturated heterocycles. The molecular weight excluding hydrogens is 621 g/mol. The molecule has 0 radical (unpaired) electrons. The van der Waals surface area contributed by atoms with Crippen molar-refractivity contribution in [1.29, 1.82) is 0 Å². The van der Waals surface area contributed by atoms with E-state index >= 15 is 0 Å². The Bertz CT molecular complexity index is 2970. The first-order valence-electron chi connectivity index (χ1n) is 17.4. The average Bonchev–Trinajstić information content (AvgIpc) is 3.64. The molecule has 2 aliphatic carbocycles. The van der Waals surface area contributed by atoms with Gasteiger partial charge in [0.05, 0.1) is 5.41 Å². The molecule has 0 amide bonds. The molecule has 0 nitrogen and oxygen atoms in total. The van der Waals surface area contributed by atoms with Crippen LogP contribution in [0.25, 0.3) is 76.8 Å². The summed E-state index contributed by atoms with van der Waals surface area (Å²) in [6.07, 6.45) is 0. The third-order valence-electron chi connectivity index (χ3n) is 11.7. The summed E-state index contributed by atoms with van der Waals surface area (Å²) in [6.45, 7) is 0. The smallest absolute Gasteiger partial charge is 0.0726 e. The van der Waals surface area contributed by atoms with E-state index < -0.39 is 5.41 Å². The normalized spacial score (nSPS) is 16.0. The predicted octanol–water partition coefficient (Wildman–Crippen LogP) is 13.3. The highest BCUT2D eigenvalue weighted by Crippen LogP contribution is 2.65. The first-order chi connectivity index (χ1) is 24.8. The van der Waals surface area contributed by atoms with Gasteiger partial charge >= 0.3 is 0 Å². The number of fused-ring (bicyclic) bond motifs is 15. The van der Waals surface area contributed by atoms with Crippen molar-refractivity contribution in [3.63, 3.8) is 0 Å². The monoisotopic (exact) mass is 648 g/mol. The van der Waals surface area contributed by atoms with Crippen LogP contribution in [0.2, 0.25) is 0 Å². The van der Waals surface area contributed by atoms with Crippen LogP contribution in [0.15, 0.2) is 180 Å². The lowest BCUT2D eigenvalue weighted by Crippen LogP contribution is -2.25. The first kappa shape index (κ1) is 27.0. The summed E-state index contributed by atoms with van der Waals surface area (Å²) >= 11 is 1.89. The Balaban J connectivity index is 1.21. The Morgan fingerprint density at radius 1 is 0.320 bits per heavy atom. The summed E-state index contributed by atoms with van der Waals surface area (Å²) in [4.78, 5) is 2.66. The van der Waals surface area contributed by atoms with Crippen LogP contribution in [-0.2, 0) is 5.41 Å². The zero-order chi connectivity index (χ0) is 32.6. The molecule has 0 saturated carbocycles. The lowest BCUT2D eigenvalue weighted by molar-refractivity contribution is 0.796. The van der Waals surface area contributed by atoms with Gasteiger partial charge in [0.1, 0.15) is 0 Å². The molecule has 1 heterocycles. The van der Waals surface area contributed by atoms with Crippen LogP contribution in [0.4, 0.5) is 0 Å². The molecule has 230 valence electrons. The minimum atomic E-state index is -0.429. The van der Waals surface area contributed by atoms with E-state index in [0.29, 0.717) is 0 Å². The molecule has 1 spiro atoms. The van der Waals surface area contributed by atoms with E-state index in [9.17, 15) is 0 Å². The molecule has 0 fully saturated rings. The fourth-order valence-electron chi connectivity index (χ4n) is 9.73. The predicted molar refractivity (Wildman–Crippen MR) is 210 cm³/mol. The molecule has 0 aromatic heterocycles. The van der Waals surface area contributed by atoms with Gasteiger partial charge in [0.25, 0.3) is 0 Å². The van der Waals surface area contributed by atoms with E-state index in [0.717, 1.165) is 0 Å². The SMILES string of the molecule is c1ccc2c(c1)Sc1ccc(-c3cccc4c3-c3ccccc3C43c4cc5ccccc5cc4-c4c3ccc3ccccc43)c3cccc-2c13. The molecule has 3 aliphatic rings. The standard InChI is InChI=1S/C49H28S/c1-2-13-31-28-43-39(27-30(31)12-1)46-32-14-4-3-11-29(32)23-25-42(46)49(43)40-20-7-5-16-38(40)47-35(19-10-21-41(47)49)33-24-26-45-48-36(33)17-9-18-37(48)34-15-6-8-22-44(34)50-45/h1-28H. The van der Waals surface area contributed by atoms with E-state index in [1.807, 2.05) is 11.8 Å². The number of hydrogen-bond donors (Lipinski definition) is 0. The quantitative estimate of drug-likeness (QED) is 0.171. The zero-order valence-corrected chi connectivity index (χ0v) is 27.9. The minimum absolute atomic E-state index is 0.429. The minimum Gasteiger partial charge on any atom is -0.0888 e. The van der Waals surface area contributed by atoms with Gasteiger partial charge in [-0.3, -0.25) is 0 Å². The van der Waals surface area contributed by atoms with Crippen molar-refractivity contribution in [1.82, 2.24) is 0 Å². The maximum atomic E-state index is 2.50. The molecular formula is C49H28S. The molecule has 50 heavy (non-hydrogen) atoms. The van der Waals surface area contributed by atoms with E-state index in [4.69, 9.17) is 0 Å². The Hall–Kier alpha value is -5.89. The molecule has 1 aliphatic heterocycles. The van der Waals surface area contributed by atoms with E-state index in [1.54, 1.807) is 0 Å².